The van der Waals surface area contributed by atoms with E-state index in [1.807, 2.05) is 25.1 Å². The van der Waals surface area contributed by atoms with Crippen molar-refractivity contribution in [3.05, 3.63) is 29.8 Å². The highest BCUT2D eigenvalue weighted by molar-refractivity contribution is 7.22. The first-order valence-corrected chi connectivity index (χ1v) is 11.0. The molecule has 0 radical (unpaired) electrons. The summed E-state index contributed by atoms with van der Waals surface area (Å²) in [6.07, 6.45) is 0. The molecule has 0 aliphatic heterocycles. The average molecular weight is 512 g/mol. The van der Waals surface area contributed by atoms with Crippen LogP contribution in [0.3, 0.4) is 0 Å². The molecule has 2 aromatic carbocycles. The highest BCUT2D eigenvalue weighted by atomic mass is 35.5. The van der Waals surface area contributed by atoms with Gasteiger partial charge >= 0.3 is 0 Å². The zero-order valence-corrected chi connectivity index (χ0v) is 22.0. The predicted molar refractivity (Wildman–Crippen MR) is 136 cm³/mol. The summed E-state index contributed by atoms with van der Waals surface area (Å²) in [5, 5.41) is 0.536. The van der Waals surface area contributed by atoms with Crippen LogP contribution in [0, 0.1) is 0 Å². The third kappa shape index (κ3) is 5.40. The molecule has 0 spiro atoms. The number of anilines is 1. The third-order valence-corrected chi connectivity index (χ3v) is 6.15. The van der Waals surface area contributed by atoms with Gasteiger partial charge in [0.05, 0.1) is 35.5 Å². The minimum absolute atomic E-state index is 0. The van der Waals surface area contributed by atoms with Crippen LogP contribution < -0.4 is 28.6 Å². The van der Waals surface area contributed by atoms with Crippen LogP contribution in [0.2, 0.25) is 0 Å². The first-order chi connectivity index (χ1) is 15.9. The van der Waals surface area contributed by atoms with Crippen LogP contribution >= 0.6 is 23.7 Å². The number of likely N-dealkylation sites (N-methyl/N-ethyl adjacent to an activating group) is 1. The van der Waals surface area contributed by atoms with E-state index in [4.69, 9.17) is 28.7 Å². The lowest BCUT2D eigenvalue weighted by atomic mass is 10.1. The number of nitrogens with zero attached hydrogens (tertiary/aromatic N) is 3. The van der Waals surface area contributed by atoms with Crippen molar-refractivity contribution in [1.29, 1.82) is 0 Å². The monoisotopic (exact) mass is 511 g/mol. The number of benzene rings is 2. The second-order valence-corrected chi connectivity index (χ2v) is 8.30. The smallest absolute Gasteiger partial charge is 0.260 e. The number of rotatable bonds is 10. The summed E-state index contributed by atoms with van der Waals surface area (Å²) in [4.78, 5) is 22.1. The Balaban J connectivity index is 0.00000408. The van der Waals surface area contributed by atoms with Crippen LogP contribution in [0.5, 0.6) is 28.7 Å². The topological polar surface area (TPSA) is 82.6 Å². The molecule has 9 nitrogen and oxygen atoms in total. The summed E-state index contributed by atoms with van der Waals surface area (Å²) in [5.74, 6) is 2.27. The second-order valence-electron chi connectivity index (χ2n) is 7.32. The van der Waals surface area contributed by atoms with Crippen LogP contribution in [0.4, 0.5) is 5.13 Å². The maximum Gasteiger partial charge on any atom is 0.260 e. The molecule has 1 amide bonds. The van der Waals surface area contributed by atoms with Crippen molar-refractivity contribution in [2.24, 2.45) is 0 Å². The quantitative estimate of drug-likeness (QED) is 0.404. The highest BCUT2D eigenvalue weighted by Crippen LogP contribution is 2.42. The number of amides is 1. The molecule has 186 valence electrons. The van der Waals surface area contributed by atoms with Gasteiger partial charge in [-0.15, -0.1) is 12.4 Å². The first-order valence-electron chi connectivity index (χ1n) is 10.2. The minimum atomic E-state index is -0.243. The van der Waals surface area contributed by atoms with Crippen LogP contribution in [0.1, 0.15) is 10.4 Å². The number of halogens is 1. The van der Waals surface area contributed by atoms with E-state index in [1.165, 1.54) is 32.7 Å². The fourth-order valence-corrected chi connectivity index (χ4v) is 4.43. The number of aromatic nitrogens is 1. The van der Waals surface area contributed by atoms with E-state index in [1.54, 1.807) is 37.3 Å². The molecular formula is C23H30ClN3O6S. The average Bonchev–Trinajstić information content (AvgIpc) is 3.27. The van der Waals surface area contributed by atoms with Gasteiger partial charge in [0.2, 0.25) is 5.75 Å². The van der Waals surface area contributed by atoms with E-state index in [0.717, 1.165) is 4.70 Å². The fourth-order valence-electron chi connectivity index (χ4n) is 3.33. The van der Waals surface area contributed by atoms with Crippen molar-refractivity contribution in [2.45, 2.75) is 0 Å². The zero-order valence-electron chi connectivity index (χ0n) is 20.3. The van der Waals surface area contributed by atoms with E-state index in [2.05, 4.69) is 0 Å². The molecule has 0 saturated heterocycles. The number of methoxy groups -OCH3 is 5. The molecule has 11 heteroatoms. The molecule has 0 unspecified atom stereocenters. The summed E-state index contributed by atoms with van der Waals surface area (Å²) in [6, 6.07) is 6.91. The van der Waals surface area contributed by atoms with E-state index in [0.29, 0.717) is 58.0 Å². The number of hydrogen-bond donors (Lipinski definition) is 0. The molecule has 0 fully saturated rings. The standard InChI is InChI=1S/C23H29N3O6S.ClH/c1-25(2)10-11-26(22(27)14-12-17(30-5)20(32-7)18(13-14)31-6)23-24-19-15(28-3)8-9-16(29-4)21(19)33-23;/h8-9,12-13H,10-11H2,1-7H3;1H. The third-order valence-electron chi connectivity index (χ3n) is 5.06. The van der Waals surface area contributed by atoms with Gasteiger partial charge in [-0.05, 0) is 38.4 Å². The van der Waals surface area contributed by atoms with Gasteiger partial charge in [-0.1, -0.05) is 11.3 Å². The number of hydrogen-bond acceptors (Lipinski definition) is 9. The molecule has 3 aromatic rings. The van der Waals surface area contributed by atoms with E-state index in [-0.39, 0.29) is 18.3 Å². The predicted octanol–water partition coefficient (Wildman–Crippen LogP) is 3.97. The minimum Gasteiger partial charge on any atom is -0.495 e. The summed E-state index contributed by atoms with van der Waals surface area (Å²) in [6.45, 7) is 1.06. The van der Waals surface area contributed by atoms with Gasteiger partial charge in [-0.2, -0.15) is 0 Å². The van der Waals surface area contributed by atoms with Gasteiger partial charge < -0.3 is 28.6 Å². The molecule has 0 aliphatic rings. The largest absolute Gasteiger partial charge is 0.495 e. The van der Waals surface area contributed by atoms with Crippen LogP contribution in [0.15, 0.2) is 24.3 Å². The maximum absolute atomic E-state index is 13.7. The van der Waals surface area contributed by atoms with Crippen molar-refractivity contribution in [1.82, 2.24) is 9.88 Å². The summed E-state index contributed by atoms with van der Waals surface area (Å²) < 4.78 is 28.0. The fraction of sp³-hybridized carbons (Fsp3) is 0.391. The lowest BCUT2D eigenvalue weighted by Gasteiger charge is -2.23. The lowest BCUT2D eigenvalue weighted by molar-refractivity contribution is 0.0984. The van der Waals surface area contributed by atoms with Gasteiger partial charge in [-0.3, -0.25) is 9.69 Å². The number of fused-ring (bicyclic) bond motifs is 1. The Morgan fingerprint density at radius 2 is 1.41 bits per heavy atom. The Labute approximate surface area is 209 Å². The van der Waals surface area contributed by atoms with E-state index < -0.39 is 0 Å². The number of thiazole rings is 1. The van der Waals surface area contributed by atoms with Gasteiger partial charge in [0.15, 0.2) is 16.6 Å². The molecule has 0 bridgehead atoms. The highest BCUT2D eigenvalue weighted by Gasteiger charge is 2.26. The van der Waals surface area contributed by atoms with Crippen LogP contribution in [-0.2, 0) is 0 Å². The second kappa shape index (κ2) is 12.0. The first kappa shape index (κ1) is 27.3. The van der Waals surface area contributed by atoms with E-state index in [9.17, 15) is 4.79 Å². The summed E-state index contributed by atoms with van der Waals surface area (Å²) in [7, 11) is 11.6. The SMILES string of the molecule is COc1cc(C(=O)N(CCN(C)C)c2nc3c(OC)ccc(OC)c3s2)cc(OC)c1OC.Cl. The van der Waals surface area contributed by atoms with Crippen LogP contribution in [-0.4, -0.2) is 78.5 Å². The molecule has 1 heterocycles. The summed E-state index contributed by atoms with van der Waals surface area (Å²) >= 11 is 1.37. The lowest BCUT2D eigenvalue weighted by Crippen LogP contribution is -2.36. The van der Waals surface area contributed by atoms with Crippen molar-refractivity contribution in [2.75, 3.05) is 67.6 Å². The van der Waals surface area contributed by atoms with Crippen molar-refractivity contribution in [3.63, 3.8) is 0 Å². The molecule has 0 N–H and O–H groups in total. The Kier molecular flexibility index (Phi) is 9.60. The molecule has 3 rings (SSSR count). The van der Waals surface area contributed by atoms with Gasteiger partial charge in [0, 0.05) is 18.7 Å². The Bertz CT molecular complexity index is 1070. The summed E-state index contributed by atoms with van der Waals surface area (Å²) in [5.41, 5.74) is 1.03. The number of carbonyl (C=O) groups is 1. The maximum atomic E-state index is 13.7. The molecule has 0 saturated carbocycles. The van der Waals surface area contributed by atoms with Crippen molar-refractivity contribution >= 4 is 45.0 Å². The Morgan fingerprint density at radius 3 is 1.91 bits per heavy atom. The van der Waals surface area contributed by atoms with E-state index >= 15 is 0 Å². The van der Waals surface area contributed by atoms with Crippen molar-refractivity contribution < 1.29 is 28.5 Å². The molecular weight excluding hydrogens is 482 g/mol. The molecule has 0 atom stereocenters. The zero-order chi connectivity index (χ0) is 24.1. The molecule has 0 aliphatic carbocycles. The van der Waals surface area contributed by atoms with Crippen molar-refractivity contribution in [3.8, 4) is 28.7 Å². The Hall–Kier alpha value is -2.95. The van der Waals surface area contributed by atoms with Gasteiger partial charge in [-0.25, -0.2) is 4.98 Å². The molecule has 1 aromatic heterocycles. The Morgan fingerprint density at radius 1 is 0.853 bits per heavy atom. The normalized spacial score (nSPS) is 10.6. The molecule has 34 heavy (non-hydrogen) atoms. The van der Waals surface area contributed by atoms with Gasteiger partial charge in [0.25, 0.3) is 5.91 Å². The van der Waals surface area contributed by atoms with Gasteiger partial charge in [0.1, 0.15) is 21.7 Å². The number of carbonyl (C=O) groups excluding carboxylic acids is 1. The van der Waals surface area contributed by atoms with Crippen LogP contribution in [0.25, 0.3) is 10.2 Å². The number of ether oxygens (including phenoxy) is 5.